The second kappa shape index (κ2) is 9.52. The van der Waals surface area contributed by atoms with Gasteiger partial charge < -0.3 is 15.7 Å². The van der Waals surface area contributed by atoms with E-state index < -0.39 is 41.6 Å². The smallest absolute Gasteiger partial charge is 0.418 e. The Morgan fingerprint density at radius 1 is 1.19 bits per heavy atom. The zero-order valence-corrected chi connectivity index (χ0v) is 20.7. The van der Waals surface area contributed by atoms with Crippen LogP contribution in [-0.2, 0) is 15.8 Å². The highest BCUT2D eigenvalue weighted by molar-refractivity contribution is 7.23. The zero-order valence-electron chi connectivity index (χ0n) is 19.1. The number of hydrogen-bond acceptors (Lipinski definition) is 7. The van der Waals surface area contributed by atoms with Crippen LogP contribution in [0, 0.1) is 0 Å². The Bertz CT molecular complexity index is 1550. The molecule has 15 heteroatoms. The molecule has 0 unspecified atom stereocenters. The highest BCUT2D eigenvalue weighted by atomic mass is 35.5. The third-order valence-electron chi connectivity index (χ3n) is 5.25. The summed E-state index contributed by atoms with van der Waals surface area (Å²) in [6.45, 7) is 2.34. The maximum absolute atomic E-state index is 13.6. The summed E-state index contributed by atoms with van der Waals surface area (Å²) in [4.78, 5) is 40.4. The molecule has 4 aromatic rings. The van der Waals surface area contributed by atoms with Crippen molar-refractivity contribution >= 4 is 72.7 Å². The van der Waals surface area contributed by atoms with Crippen LogP contribution >= 0.6 is 22.9 Å². The van der Waals surface area contributed by atoms with Crippen LogP contribution in [0.2, 0.25) is 5.02 Å². The van der Waals surface area contributed by atoms with Gasteiger partial charge in [-0.1, -0.05) is 22.9 Å². The fourth-order valence-corrected chi connectivity index (χ4v) is 4.64. The number of carboxylic acid groups (broad SMARTS) is 1. The minimum Gasteiger partial charge on any atom is -0.480 e. The van der Waals surface area contributed by atoms with Crippen molar-refractivity contribution in [1.82, 2.24) is 20.5 Å². The summed E-state index contributed by atoms with van der Waals surface area (Å²) >= 11 is 6.85. The van der Waals surface area contributed by atoms with Gasteiger partial charge in [-0.3, -0.25) is 24.8 Å². The lowest BCUT2D eigenvalue weighted by atomic mass is 10.0. The van der Waals surface area contributed by atoms with Crippen LogP contribution in [-0.4, -0.2) is 50.2 Å². The standard InChI is InChI=1S/C22H18ClF3N6O4S/c1-21(2,31-13-4-3-9(23)5-10(13)18(35)27-8-15(33)34)19(36)30-20-29-16-12(22(24,25)26)6-14-11(7-28-32-14)17(16)37-20/h3-7,31H,8H2,1-2H3,(H,27,35)(H,28,32)(H,33,34)(H,29,30,36). The van der Waals surface area contributed by atoms with Crippen LogP contribution in [0.3, 0.4) is 0 Å². The number of carboxylic acids is 1. The van der Waals surface area contributed by atoms with E-state index in [1.807, 2.05) is 0 Å². The maximum Gasteiger partial charge on any atom is 0.418 e. The fraction of sp³-hybridized carbons (Fsp3) is 0.227. The number of anilines is 2. The molecule has 0 atom stereocenters. The molecule has 4 rings (SSSR count). The molecule has 2 aromatic heterocycles. The van der Waals surface area contributed by atoms with Gasteiger partial charge in [0.25, 0.3) is 11.8 Å². The van der Waals surface area contributed by atoms with Crippen molar-refractivity contribution in [1.29, 1.82) is 0 Å². The predicted octanol–water partition coefficient (Wildman–Crippen LogP) is 4.49. The molecule has 0 aliphatic rings. The van der Waals surface area contributed by atoms with E-state index in [4.69, 9.17) is 16.7 Å². The van der Waals surface area contributed by atoms with Crippen molar-refractivity contribution in [3.05, 3.63) is 46.6 Å². The van der Waals surface area contributed by atoms with Crippen molar-refractivity contribution in [2.45, 2.75) is 25.6 Å². The van der Waals surface area contributed by atoms with Gasteiger partial charge in [-0.2, -0.15) is 18.3 Å². The Kier molecular flexibility index (Phi) is 6.73. The number of carbonyl (C=O) groups is 3. The number of H-pyrrole nitrogens is 1. The summed E-state index contributed by atoms with van der Waals surface area (Å²) in [6, 6.07) is 5.13. The number of thiazole rings is 1. The lowest BCUT2D eigenvalue weighted by Gasteiger charge is -2.27. The van der Waals surface area contributed by atoms with Gasteiger partial charge in [0.15, 0.2) is 5.13 Å². The first-order chi connectivity index (χ1) is 17.3. The monoisotopic (exact) mass is 554 g/mol. The summed E-state index contributed by atoms with van der Waals surface area (Å²) in [5, 5.41) is 23.3. The first-order valence-corrected chi connectivity index (χ1v) is 11.7. The highest BCUT2D eigenvalue weighted by Gasteiger charge is 2.36. The summed E-state index contributed by atoms with van der Waals surface area (Å²) in [5.41, 5.74) is -2.33. The average molecular weight is 555 g/mol. The van der Waals surface area contributed by atoms with E-state index in [0.29, 0.717) is 5.39 Å². The van der Waals surface area contributed by atoms with Crippen molar-refractivity contribution < 1.29 is 32.7 Å². The first-order valence-electron chi connectivity index (χ1n) is 10.5. The van der Waals surface area contributed by atoms with Gasteiger partial charge in [0.05, 0.1) is 33.1 Å². The Labute approximate surface area is 215 Å². The molecule has 2 aromatic carbocycles. The number of aromatic amines is 1. The Morgan fingerprint density at radius 3 is 2.59 bits per heavy atom. The van der Waals surface area contributed by atoms with Gasteiger partial charge >= 0.3 is 12.1 Å². The maximum atomic E-state index is 13.6. The molecule has 0 bridgehead atoms. The molecule has 0 aliphatic heterocycles. The highest BCUT2D eigenvalue weighted by Crippen LogP contribution is 2.41. The average Bonchev–Trinajstić information content (AvgIpc) is 3.43. The number of halogens is 4. The number of amides is 2. The number of hydrogen-bond donors (Lipinski definition) is 5. The predicted molar refractivity (Wildman–Crippen MR) is 132 cm³/mol. The molecule has 2 amide bonds. The van der Waals surface area contributed by atoms with E-state index in [-0.39, 0.29) is 37.1 Å². The van der Waals surface area contributed by atoms with Crippen molar-refractivity contribution in [2.24, 2.45) is 0 Å². The molecular weight excluding hydrogens is 537 g/mol. The van der Waals surface area contributed by atoms with Gasteiger partial charge in [0.2, 0.25) is 0 Å². The Morgan fingerprint density at radius 2 is 1.92 bits per heavy atom. The SMILES string of the molecule is CC(C)(Nc1ccc(Cl)cc1C(=O)NCC(=O)O)C(=O)Nc1nc2c(C(F)(F)F)cc3[nH]ncc3c2s1. The van der Waals surface area contributed by atoms with Crippen molar-refractivity contribution in [3.63, 3.8) is 0 Å². The molecule has 0 saturated heterocycles. The third kappa shape index (κ3) is 5.44. The van der Waals surface area contributed by atoms with Gasteiger partial charge in [-0.15, -0.1) is 0 Å². The molecule has 0 saturated carbocycles. The number of aromatic nitrogens is 3. The summed E-state index contributed by atoms with van der Waals surface area (Å²) < 4.78 is 41.1. The van der Waals surface area contributed by atoms with E-state index in [1.165, 1.54) is 38.2 Å². The Balaban J connectivity index is 1.62. The first kappa shape index (κ1) is 26.2. The normalized spacial score (nSPS) is 12.1. The fourth-order valence-electron chi connectivity index (χ4n) is 3.47. The number of alkyl halides is 3. The van der Waals surface area contributed by atoms with Gasteiger partial charge in [-0.05, 0) is 38.1 Å². The number of nitrogens with one attached hydrogen (secondary N) is 4. The number of carbonyl (C=O) groups excluding carboxylic acids is 2. The minimum atomic E-state index is -4.68. The van der Waals surface area contributed by atoms with E-state index in [0.717, 1.165) is 17.4 Å². The zero-order chi connectivity index (χ0) is 27.1. The number of rotatable bonds is 7. The molecule has 0 fully saturated rings. The summed E-state index contributed by atoms with van der Waals surface area (Å²) in [5.74, 6) is -2.64. The largest absolute Gasteiger partial charge is 0.480 e. The van der Waals surface area contributed by atoms with E-state index in [9.17, 15) is 27.6 Å². The molecule has 37 heavy (non-hydrogen) atoms. The lowest BCUT2D eigenvalue weighted by Crippen LogP contribution is -2.44. The third-order valence-corrected chi connectivity index (χ3v) is 6.49. The van der Waals surface area contributed by atoms with E-state index >= 15 is 0 Å². The molecule has 2 heterocycles. The van der Waals surface area contributed by atoms with Crippen LogP contribution in [0.5, 0.6) is 0 Å². The number of aliphatic carboxylic acids is 1. The van der Waals surface area contributed by atoms with Gasteiger partial charge in [0.1, 0.15) is 12.1 Å². The lowest BCUT2D eigenvalue weighted by molar-refractivity contribution is -0.137. The molecular formula is C22H18ClF3N6O4S. The van der Waals surface area contributed by atoms with Crippen LogP contribution in [0.1, 0.15) is 29.8 Å². The molecule has 10 nitrogen and oxygen atoms in total. The molecule has 0 aliphatic carbocycles. The number of fused-ring (bicyclic) bond motifs is 3. The van der Waals surface area contributed by atoms with E-state index in [2.05, 4.69) is 31.1 Å². The molecule has 5 N–H and O–H groups in total. The summed E-state index contributed by atoms with van der Waals surface area (Å²) in [7, 11) is 0. The number of nitrogens with zero attached hydrogens (tertiary/aromatic N) is 2. The number of benzene rings is 2. The second-order valence-corrected chi connectivity index (χ2v) is 9.86. The topological polar surface area (TPSA) is 149 Å². The molecule has 0 spiro atoms. The van der Waals surface area contributed by atoms with Crippen LogP contribution in [0.15, 0.2) is 30.5 Å². The Hall–Kier alpha value is -3.91. The van der Waals surface area contributed by atoms with Crippen LogP contribution < -0.4 is 16.0 Å². The van der Waals surface area contributed by atoms with Crippen molar-refractivity contribution in [3.8, 4) is 0 Å². The van der Waals surface area contributed by atoms with Gasteiger partial charge in [-0.25, -0.2) is 4.98 Å². The second-order valence-electron chi connectivity index (χ2n) is 8.42. The van der Waals surface area contributed by atoms with Gasteiger partial charge in [0, 0.05) is 16.1 Å². The van der Waals surface area contributed by atoms with Crippen LogP contribution in [0.4, 0.5) is 24.0 Å². The quantitative estimate of drug-likeness (QED) is 0.226. The van der Waals surface area contributed by atoms with Crippen LogP contribution in [0.25, 0.3) is 21.1 Å². The minimum absolute atomic E-state index is 0.00761. The molecule has 194 valence electrons. The van der Waals surface area contributed by atoms with E-state index in [1.54, 1.807) is 0 Å². The van der Waals surface area contributed by atoms with Crippen molar-refractivity contribution in [2.75, 3.05) is 17.2 Å². The molecule has 0 radical (unpaired) electrons. The summed E-state index contributed by atoms with van der Waals surface area (Å²) in [6.07, 6.45) is -3.30.